The molecule has 8 atom stereocenters. The highest BCUT2D eigenvalue weighted by atomic mass is 16.7. The highest BCUT2D eigenvalue weighted by molar-refractivity contribution is 5.99. The van der Waals surface area contributed by atoms with E-state index in [0.29, 0.717) is 59.2 Å². The maximum Gasteiger partial charge on any atom is 0.326 e. The van der Waals surface area contributed by atoms with Gasteiger partial charge in [0.25, 0.3) is 5.91 Å². The summed E-state index contributed by atoms with van der Waals surface area (Å²) in [4.78, 5) is 49.1. The van der Waals surface area contributed by atoms with Crippen LogP contribution >= 0.6 is 0 Å². The number of benzene rings is 2. The van der Waals surface area contributed by atoms with Gasteiger partial charge >= 0.3 is 5.97 Å². The second kappa shape index (κ2) is 15.5. The van der Waals surface area contributed by atoms with Gasteiger partial charge in [0, 0.05) is 55.0 Å². The molecule has 0 aromatic heterocycles. The van der Waals surface area contributed by atoms with E-state index in [1.54, 1.807) is 31.2 Å². The first-order valence-electron chi connectivity index (χ1n) is 17.4. The number of aliphatic carboxylic acids is 1. The SMILES string of the molecule is COc1c(CN2O[C@@H](CO)[C@@H]([C@H](C)O)[C@H]2C(=O)N[C@H]2CCC[C@@H](C)[C@@H]2C)cccc1-c1cc(C(=O)N2CCC[C@H]2C(=O)O)cc(N(C)C)c1. The van der Waals surface area contributed by atoms with Gasteiger partial charge < -0.3 is 35.2 Å². The number of aliphatic hydroxyl groups excluding tert-OH is 2. The number of hydroxylamine groups is 2. The van der Waals surface area contributed by atoms with Gasteiger partial charge in [-0.3, -0.25) is 14.4 Å². The summed E-state index contributed by atoms with van der Waals surface area (Å²) in [6.45, 7) is 6.12. The number of carboxylic acids is 1. The zero-order chi connectivity index (χ0) is 35.6. The van der Waals surface area contributed by atoms with Crippen LogP contribution in [0.15, 0.2) is 36.4 Å². The smallest absolute Gasteiger partial charge is 0.326 e. The summed E-state index contributed by atoms with van der Waals surface area (Å²) < 4.78 is 5.99. The minimum atomic E-state index is -1.01. The van der Waals surface area contributed by atoms with E-state index in [1.165, 1.54) is 4.90 Å². The predicted molar refractivity (Wildman–Crippen MR) is 185 cm³/mol. The van der Waals surface area contributed by atoms with Gasteiger partial charge in [0.15, 0.2) is 0 Å². The number of nitrogens with one attached hydrogen (secondary N) is 1. The predicted octanol–water partition coefficient (Wildman–Crippen LogP) is 3.53. The van der Waals surface area contributed by atoms with Gasteiger partial charge in [-0.2, -0.15) is 5.06 Å². The minimum Gasteiger partial charge on any atom is -0.496 e. The second-order valence-electron chi connectivity index (χ2n) is 14.2. The number of nitrogens with zero attached hydrogens (tertiary/aromatic N) is 3. The number of anilines is 1. The van der Waals surface area contributed by atoms with E-state index in [1.807, 2.05) is 43.3 Å². The monoisotopic (exact) mass is 680 g/mol. The van der Waals surface area contributed by atoms with Crippen molar-refractivity contribution in [2.75, 3.05) is 39.3 Å². The van der Waals surface area contributed by atoms with Crippen molar-refractivity contribution in [2.45, 2.75) is 89.8 Å². The Hall–Kier alpha value is -3.71. The molecular formula is C37H52N4O8. The average Bonchev–Trinajstić information content (AvgIpc) is 3.72. The van der Waals surface area contributed by atoms with Gasteiger partial charge in [-0.15, -0.1) is 0 Å². The molecule has 2 amide bonds. The van der Waals surface area contributed by atoms with Crippen LogP contribution < -0.4 is 15.0 Å². The molecule has 0 spiro atoms. The van der Waals surface area contributed by atoms with Gasteiger partial charge in [-0.25, -0.2) is 4.79 Å². The van der Waals surface area contributed by atoms with Gasteiger partial charge in [0.05, 0.1) is 26.4 Å². The molecule has 5 rings (SSSR count). The summed E-state index contributed by atoms with van der Waals surface area (Å²) in [6, 6.07) is 9.37. The van der Waals surface area contributed by atoms with Crippen molar-refractivity contribution in [3.63, 3.8) is 0 Å². The number of aliphatic hydroxyl groups is 2. The van der Waals surface area contributed by atoms with E-state index in [4.69, 9.17) is 9.57 Å². The molecule has 0 unspecified atom stereocenters. The number of carboxylic acid groups (broad SMARTS) is 1. The third kappa shape index (κ3) is 7.57. The van der Waals surface area contributed by atoms with Gasteiger partial charge in [0.1, 0.15) is 23.9 Å². The Bertz CT molecular complexity index is 1520. The Balaban J connectivity index is 1.49. The molecule has 1 saturated carbocycles. The normalized spacial score (nSPS) is 27.9. The van der Waals surface area contributed by atoms with Crippen LogP contribution in [0.1, 0.15) is 68.8 Å². The lowest BCUT2D eigenvalue weighted by molar-refractivity contribution is -0.182. The number of carbonyl (C=O) groups excluding carboxylic acids is 2. The summed E-state index contributed by atoms with van der Waals surface area (Å²) in [6.07, 6.45) is 2.38. The van der Waals surface area contributed by atoms with Crippen LogP contribution in [0.25, 0.3) is 11.1 Å². The second-order valence-corrected chi connectivity index (χ2v) is 14.2. The number of carbonyl (C=O) groups is 3. The molecule has 1 aliphatic carbocycles. The Morgan fingerprint density at radius 2 is 1.86 bits per heavy atom. The van der Waals surface area contributed by atoms with E-state index in [9.17, 15) is 29.7 Å². The Labute approximate surface area is 288 Å². The molecule has 268 valence electrons. The third-order valence-corrected chi connectivity index (χ3v) is 10.8. The van der Waals surface area contributed by atoms with Crippen LogP contribution in [0.4, 0.5) is 5.69 Å². The number of para-hydroxylation sites is 1. The van der Waals surface area contributed by atoms with E-state index in [0.717, 1.165) is 24.9 Å². The quantitative estimate of drug-likeness (QED) is 0.278. The van der Waals surface area contributed by atoms with Crippen LogP contribution in [0.5, 0.6) is 5.75 Å². The third-order valence-electron chi connectivity index (χ3n) is 10.8. The molecule has 2 heterocycles. The van der Waals surface area contributed by atoms with Gasteiger partial charge in [-0.1, -0.05) is 44.9 Å². The highest BCUT2D eigenvalue weighted by Crippen LogP contribution is 2.39. The van der Waals surface area contributed by atoms with Gasteiger partial charge in [0.2, 0.25) is 5.91 Å². The van der Waals surface area contributed by atoms with Crippen LogP contribution in [0, 0.1) is 17.8 Å². The zero-order valence-corrected chi connectivity index (χ0v) is 29.5. The molecule has 3 fully saturated rings. The highest BCUT2D eigenvalue weighted by Gasteiger charge is 2.50. The molecule has 3 aliphatic rings. The number of likely N-dealkylation sites (tertiary alicyclic amines) is 1. The number of methoxy groups -OCH3 is 1. The van der Waals surface area contributed by atoms with Crippen molar-refractivity contribution in [1.29, 1.82) is 0 Å². The van der Waals surface area contributed by atoms with Crippen LogP contribution in [-0.2, 0) is 21.0 Å². The molecular weight excluding hydrogens is 628 g/mol. The summed E-state index contributed by atoms with van der Waals surface area (Å²) in [5.74, 6) is -0.962. The molecule has 2 saturated heterocycles. The number of hydrogen-bond donors (Lipinski definition) is 4. The van der Waals surface area contributed by atoms with E-state index >= 15 is 0 Å². The lowest BCUT2D eigenvalue weighted by Gasteiger charge is -2.36. The van der Waals surface area contributed by atoms with Crippen molar-refractivity contribution in [3.05, 3.63) is 47.5 Å². The summed E-state index contributed by atoms with van der Waals surface area (Å²) >= 11 is 0. The number of hydrogen-bond acceptors (Lipinski definition) is 9. The summed E-state index contributed by atoms with van der Waals surface area (Å²) in [5, 5.41) is 35.6. The summed E-state index contributed by atoms with van der Waals surface area (Å²) in [5.41, 5.74) is 3.24. The first kappa shape index (κ1) is 36.6. The minimum absolute atomic E-state index is 0.00556. The van der Waals surface area contributed by atoms with E-state index in [2.05, 4.69) is 19.2 Å². The number of ether oxygens (including phenoxy) is 1. The van der Waals surface area contributed by atoms with Crippen LogP contribution in [0.2, 0.25) is 0 Å². The van der Waals surface area contributed by atoms with Crippen molar-refractivity contribution < 1.29 is 39.3 Å². The standard InChI is InChI=1S/C37H52N4O8/c1-21-10-7-13-29(22(21)2)38-35(44)33-32(23(3)43)31(20-42)49-41(33)19-24-11-8-12-28(34(24)48-6)25-16-26(18-27(17-25)39(4)5)36(45)40-15-9-14-30(40)37(46)47/h8,11-12,16-18,21-23,29-33,42-43H,7,9-10,13-15,19-20H2,1-6H3,(H,38,44)(H,46,47)/t21-,22+,23+,29+,30+,31+,32-,33+/m1/s1. The molecule has 2 aliphatic heterocycles. The number of rotatable bonds is 11. The molecule has 0 radical (unpaired) electrons. The first-order chi connectivity index (χ1) is 23.4. The maximum absolute atomic E-state index is 14.0. The van der Waals surface area contributed by atoms with E-state index < -0.39 is 36.2 Å². The topological polar surface area (TPSA) is 152 Å². The molecule has 12 heteroatoms. The van der Waals surface area contributed by atoms with Crippen LogP contribution in [-0.4, -0.2) is 108 Å². The molecule has 2 aromatic carbocycles. The first-order valence-corrected chi connectivity index (χ1v) is 17.4. The fraction of sp³-hybridized carbons (Fsp3) is 0.595. The molecule has 0 bridgehead atoms. The fourth-order valence-corrected chi connectivity index (χ4v) is 7.86. The lowest BCUT2D eigenvalue weighted by Crippen LogP contribution is -2.53. The zero-order valence-electron chi connectivity index (χ0n) is 29.5. The molecule has 4 N–H and O–H groups in total. The van der Waals surface area contributed by atoms with Crippen molar-refractivity contribution >= 4 is 23.5 Å². The maximum atomic E-state index is 14.0. The van der Waals surface area contributed by atoms with Crippen LogP contribution in [0.3, 0.4) is 0 Å². The molecule has 12 nitrogen and oxygen atoms in total. The van der Waals surface area contributed by atoms with Crippen molar-refractivity contribution in [1.82, 2.24) is 15.3 Å². The average molecular weight is 681 g/mol. The number of amides is 2. The largest absolute Gasteiger partial charge is 0.496 e. The van der Waals surface area contributed by atoms with Crippen molar-refractivity contribution in [3.8, 4) is 16.9 Å². The lowest BCUT2D eigenvalue weighted by atomic mass is 9.77. The molecule has 2 aromatic rings. The van der Waals surface area contributed by atoms with Crippen molar-refractivity contribution in [2.24, 2.45) is 17.8 Å². The van der Waals surface area contributed by atoms with E-state index in [-0.39, 0.29) is 31.0 Å². The molecule has 49 heavy (non-hydrogen) atoms. The Morgan fingerprint density at radius 1 is 1.10 bits per heavy atom. The summed E-state index contributed by atoms with van der Waals surface area (Å²) in [7, 11) is 5.30. The Kier molecular flexibility index (Phi) is 11.5. The van der Waals surface area contributed by atoms with Gasteiger partial charge in [-0.05, 0) is 61.8 Å². The fourth-order valence-electron chi connectivity index (χ4n) is 7.86. The Morgan fingerprint density at radius 3 is 2.51 bits per heavy atom.